The first-order valence-electron chi connectivity index (χ1n) is 9.58. The second-order valence-corrected chi connectivity index (χ2v) is 8.19. The van der Waals surface area contributed by atoms with E-state index >= 15 is 0 Å². The number of rotatable bonds is 7. The number of hydrogen-bond acceptors (Lipinski definition) is 5. The Bertz CT molecular complexity index is 933. The summed E-state index contributed by atoms with van der Waals surface area (Å²) in [6.07, 6.45) is 4.61. The molecule has 0 fully saturated rings. The molecule has 152 valence electrons. The smallest absolute Gasteiger partial charge is 0.227 e. The van der Waals surface area contributed by atoms with Crippen molar-refractivity contribution in [2.24, 2.45) is 5.41 Å². The number of amides is 1. The van der Waals surface area contributed by atoms with Crippen LogP contribution in [0.3, 0.4) is 0 Å². The average molecular weight is 396 g/mol. The molecule has 0 saturated carbocycles. The highest BCUT2D eigenvalue weighted by Crippen LogP contribution is 2.29. The molecule has 1 unspecified atom stereocenters. The molecule has 1 N–H and O–H groups in total. The number of aromatic nitrogens is 3. The highest BCUT2D eigenvalue weighted by molar-refractivity contribution is 5.76. The van der Waals surface area contributed by atoms with Crippen LogP contribution in [0, 0.1) is 11.2 Å². The first-order chi connectivity index (χ1) is 13.8. The van der Waals surface area contributed by atoms with Crippen molar-refractivity contribution in [2.45, 2.75) is 46.1 Å². The molecule has 0 radical (unpaired) electrons. The minimum atomic E-state index is -0.296. The summed E-state index contributed by atoms with van der Waals surface area (Å²) in [6, 6.07) is 9.69. The molecule has 0 spiro atoms. The van der Waals surface area contributed by atoms with Crippen LogP contribution in [-0.4, -0.2) is 21.0 Å². The van der Waals surface area contributed by atoms with Gasteiger partial charge in [0.15, 0.2) is 0 Å². The van der Waals surface area contributed by atoms with Gasteiger partial charge >= 0.3 is 0 Å². The fourth-order valence-electron chi connectivity index (χ4n) is 3.02. The quantitative estimate of drug-likeness (QED) is 0.636. The van der Waals surface area contributed by atoms with E-state index in [1.54, 1.807) is 30.6 Å². The van der Waals surface area contributed by atoms with E-state index in [2.05, 4.69) is 41.2 Å². The van der Waals surface area contributed by atoms with Gasteiger partial charge in [0.25, 0.3) is 0 Å². The highest BCUT2D eigenvalue weighted by Gasteiger charge is 2.22. The summed E-state index contributed by atoms with van der Waals surface area (Å²) in [4.78, 5) is 20.9. The molecule has 1 atom stereocenters. The lowest BCUT2D eigenvalue weighted by Gasteiger charge is -2.27. The monoisotopic (exact) mass is 396 g/mol. The number of carbonyl (C=O) groups is 1. The zero-order valence-electron chi connectivity index (χ0n) is 16.9. The van der Waals surface area contributed by atoms with Gasteiger partial charge in [-0.05, 0) is 41.7 Å². The van der Waals surface area contributed by atoms with Crippen LogP contribution in [0.5, 0.6) is 0 Å². The molecule has 1 amide bonds. The zero-order chi connectivity index (χ0) is 20.9. The van der Waals surface area contributed by atoms with Gasteiger partial charge in [-0.1, -0.05) is 38.1 Å². The number of carbonyl (C=O) groups excluding carboxylic acids is 1. The largest absolute Gasteiger partial charge is 0.349 e. The van der Waals surface area contributed by atoms with E-state index in [0.29, 0.717) is 18.1 Å². The molecule has 0 bridgehead atoms. The van der Waals surface area contributed by atoms with Crippen molar-refractivity contribution in [3.63, 3.8) is 0 Å². The summed E-state index contributed by atoms with van der Waals surface area (Å²) in [7, 11) is 0. The molecule has 0 aliphatic rings. The molecule has 29 heavy (non-hydrogen) atoms. The highest BCUT2D eigenvalue weighted by atomic mass is 19.1. The van der Waals surface area contributed by atoms with Crippen molar-refractivity contribution in [3.05, 3.63) is 66.1 Å². The van der Waals surface area contributed by atoms with E-state index in [4.69, 9.17) is 4.52 Å². The van der Waals surface area contributed by atoms with Crippen molar-refractivity contribution >= 4 is 5.91 Å². The minimum absolute atomic E-state index is 0.00254. The minimum Gasteiger partial charge on any atom is -0.349 e. The molecular formula is C22H25FN4O2. The number of nitrogens with one attached hydrogen (secondary N) is 1. The molecule has 6 nitrogen and oxygen atoms in total. The fraction of sp³-hybridized carbons (Fsp3) is 0.364. The SMILES string of the molecule is CC(C)(C)CC(NC(=O)CCc1nc(-c2cccnc2)no1)c1ccc(F)cc1. The third-order valence-corrected chi connectivity index (χ3v) is 4.38. The van der Waals surface area contributed by atoms with Gasteiger partial charge in [0.05, 0.1) is 6.04 Å². The third-order valence-electron chi connectivity index (χ3n) is 4.38. The van der Waals surface area contributed by atoms with Crippen molar-refractivity contribution < 1.29 is 13.7 Å². The van der Waals surface area contributed by atoms with Gasteiger partial charge in [-0.25, -0.2) is 4.39 Å². The zero-order valence-corrected chi connectivity index (χ0v) is 16.9. The van der Waals surface area contributed by atoms with Gasteiger partial charge in [0.2, 0.25) is 17.6 Å². The lowest BCUT2D eigenvalue weighted by Crippen LogP contribution is -2.31. The van der Waals surface area contributed by atoms with E-state index in [1.165, 1.54) is 12.1 Å². The molecule has 2 heterocycles. The number of halogens is 1. The maximum Gasteiger partial charge on any atom is 0.227 e. The van der Waals surface area contributed by atoms with E-state index in [-0.39, 0.29) is 29.6 Å². The summed E-state index contributed by atoms with van der Waals surface area (Å²) in [5, 5.41) is 6.99. The topological polar surface area (TPSA) is 80.9 Å². The van der Waals surface area contributed by atoms with Crippen LogP contribution in [-0.2, 0) is 11.2 Å². The molecule has 2 aromatic heterocycles. The van der Waals surface area contributed by atoms with Crippen LogP contribution in [0.2, 0.25) is 0 Å². The summed E-state index contributed by atoms with van der Waals surface area (Å²) in [5.74, 6) is 0.429. The molecule has 0 aliphatic carbocycles. The van der Waals surface area contributed by atoms with Crippen LogP contribution < -0.4 is 5.32 Å². The molecule has 0 aliphatic heterocycles. The molecule has 1 aromatic carbocycles. The average Bonchev–Trinajstić information content (AvgIpc) is 3.15. The van der Waals surface area contributed by atoms with Crippen LogP contribution in [0.25, 0.3) is 11.4 Å². The predicted octanol–water partition coefficient (Wildman–Crippen LogP) is 4.50. The van der Waals surface area contributed by atoms with Crippen LogP contribution in [0.15, 0.2) is 53.3 Å². The number of nitrogens with zero attached hydrogens (tertiary/aromatic N) is 3. The Morgan fingerprint density at radius 2 is 1.97 bits per heavy atom. The Morgan fingerprint density at radius 1 is 1.21 bits per heavy atom. The maximum atomic E-state index is 13.3. The predicted molar refractivity (Wildman–Crippen MR) is 107 cm³/mol. The van der Waals surface area contributed by atoms with Crippen LogP contribution in [0.1, 0.15) is 51.1 Å². The molecule has 3 rings (SSSR count). The Hall–Kier alpha value is -3.09. The van der Waals surface area contributed by atoms with Crippen molar-refractivity contribution in [1.82, 2.24) is 20.4 Å². The standard InChI is InChI=1S/C22H25FN4O2/c1-22(2,3)13-18(15-6-8-17(23)9-7-15)25-19(28)10-11-20-26-21(27-29-20)16-5-4-12-24-14-16/h4-9,12,14,18H,10-11,13H2,1-3H3,(H,25,28). The summed E-state index contributed by atoms with van der Waals surface area (Å²) >= 11 is 0. The normalized spacial score (nSPS) is 12.6. The summed E-state index contributed by atoms with van der Waals surface area (Å²) < 4.78 is 18.5. The molecular weight excluding hydrogens is 371 g/mol. The Kier molecular flexibility index (Phi) is 6.36. The first kappa shape index (κ1) is 20.6. The lowest BCUT2D eigenvalue weighted by atomic mass is 9.85. The second kappa shape index (κ2) is 8.94. The van der Waals surface area contributed by atoms with E-state index in [0.717, 1.165) is 17.5 Å². The van der Waals surface area contributed by atoms with E-state index < -0.39 is 0 Å². The van der Waals surface area contributed by atoms with Gasteiger partial charge in [-0.3, -0.25) is 9.78 Å². The number of hydrogen-bond donors (Lipinski definition) is 1. The van der Waals surface area contributed by atoms with Crippen LogP contribution >= 0.6 is 0 Å². The van der Waals surface area contributed by atoms with Crippen molar-refractivity contribution in [2.75, 3.05) is 0 Å². The summed E-state index contributed by atoms with van der Waals surface area (Å²) in [6.45, 7) is 6.32. The van der Waals surface area contributed by atoms with E-state index in [9.17, 15) is 9.18 Å². The van der Waals surface area contributed by atoms with E-state index in [1.807, 2.05) is 6.07 Å². The lowest BCUT2D eigenvalue weighted by molar-refractivity contribution is -0.122. The second-order valence-electron chi connectivity index (χ2n) is 8.19. The van der Waals surface area contributed by atoms with Gasteiger partial charge < -0.3 is 9.84 Å². The molecule has 7 heteroatoms. The third kappa shape index (κ3) is 6.20. The van der Waals surface area contributed by atoms with Gasteiger partial charge in [0.1, 0.15) is 5.82 Å². The number of benzene rings is 1. The van der Waals surface area contributed by atoms with Crippen LogP contribution in [0.4, 0.5) is 4.39 Å². The first-order valence-corrected chi connectivity index (χ1v) is 9.58. The molecule has 3 aromatic rings. The van der Waals surface area contributed by atoms with Gasteiger partial charge in [-0.2, -0.15) is 4.98 Å². The summed E-state index contributed by atoms with van der Waals surface area (Å²) in [5.41, 5.74) is 1.64. The van der Waals surface area contributed by atoms with Crippen molar-refractivity contribution in [3.8, 4) is 11.4 Å². The van der Waals surface area contributed by atoms with Gasteiger partial charge in [-0.15, -0.1) is 0 Å². The Labute approximate surface area is 169 Å². The Balaban J connectivity index is 1.61. The Morgan fingerprint density at radius 3 is 2.62 bits per heavy atom. The maximum absolute atomic E-state index is 13.3. The number of pyridine rings is 1. The molecule has 0 saturated heterocycles. The number of aryl methyl sites for hydroxylation is 1. The van der Waals surface area contributed by atoms with Crippen molar-refractivity contribution in [1.29, 1.82) is 0 Å². The fourth-order valence-corrected chi connectivity index (χ4v) is 3.02. The van der Waals surface area contributed by atoms with Gasteiger partial charge in [0, 0.05) is 30.8 Å².